The average molecular weight is 632 g/mol. The lowest BCUT2D eigenvalue weighted by Gasteiger charge is -2.22. The lowest BCUT2D eigenvalue weighted by molar-refractivity contribution is 0.0934. The first-order chi connectivity index (χ1) is 19.2. The summed E-state index contributed by atoms with van der Waals surface area (Å²) in [5, 5.41) is 4.92. The highest BCUT2D eigenvalue weighted by atomic mass is 35.5. The third kappa shape index (κ3) is 6.65. The van der Waals surface area contributed by atoms with Crippen molar-refractivity contribution < 1.29 is 21.6 Å². The fraction of sp³-hybridized carbons (Fsp3) is 0.310. The van der Waals surface area contributed by atoms with Gasteiger partial charge in [0.05, 0.1) is 27.0 Å². The first-order valence-corrected chi connectivity index (χ1v) is 17.6. The Morgan fingerprint density at radius 1 is 1.00 bits per heavy atom. The number of hydrogen-bond acceptors (Lipinski definition) is 7. The Labute approximate surface area is 249 Å². The summed E-state index contributed by atoms with van der Waals surface area (Å²) >= 11 is 7.51. The van der Waals surface area contributed by atoms with Crippen molar-refractivity contribution in [2.24, 2.45) is 0 Å². The molecule has 4 aromatic rings. The molecule has 1 aliphatic rings. The average Bonchev–Trinajstić information content (AvgIpc) is 3.33. The molecule has 3 aromatic carbocycles. The number of nitrogens with one attached hydrogen (secondary N) is 2. The Balaban J connectivity index is 1.62. The van der Waals surface area contributed by atoms with Crippen LogP contribution in [0.4, 0.5) is 0 Å². The largest absolute Gasteiger partial charge is 0.347 e. The fourth-order valence-corrected chi connectivity index (χ4v) is 9.22. The van der Waals surface area contributed by atoms with Crippen molar-refractivity contribution >= 4 is 59.5 Å². The van der Waals surface area contributed by atoms with Gasteiger partial charge < -0.3 is 5.32 Å². The van der Waals surface area contributed by atoms with Gasteiger partial charge >= 0.3 is 0 Å². The summed E-state index contributed by atoms with van der Waals surface area (Å²) in [7, 11) is -6.90. The van der Waals surface area contributed by atoms with Gasteiger partial charge in [-0.25, -0.2) is 26.5 Å². The maximum Gasteiger partial charge on any atom is 0.280 e. The number of thiazole rings is 1. The van der Waals surface area contributed by atoms with Gasteiger partial charge in [0.25, 0.3) is 5.91 Å². The number of hydrogen-bond donors (Lipinski definition) is 2. The molecule has 1 aromatic heterocycles. The van der Waals surface area contributed by atoms with Crippen molar-refractivity contribution in [2.75, 3.05) is 11.5 Å². The molecule has 1 saturated heterocycles. The second-order valence-corrected chi connectivity index (χ2v) is 16.5. The molecule has 41 heavy (non-hydrogen) atoms. The zero-order valence-corrected chi connectivity index (χ0v) is 26.0. The summed E-state index contributed by atoms with van der Waals surface area (Å²) in [6.07, 6.45) is 0.716. The van der Waals surface area contributed by atoms with Crippen molar-refractivity contribution in [3.63, 3.8) is 0 Å². The number of halogens is 1. The molecule has 1 aliphatic heterocycles. The minimum absolute atomic E-state index is 0.0418. The zero-order chi connectivity index (χ0) is 29.6. The number of benzene rings is 3. The third-order valence-corrected chi connectivity index (χ3v) is 11.5. The molecule has 0 aliphatic carbocycles. The van der Waals surface area contributed by atoms with Crippen molar-refractivity contribution in [1.29, 1.82) is 0 Å². The monoisotopic (exact) mass is 631 g/mol. The first-order valence-electron chi connectivity index (χ1n) is 13.1. The molecule has 216 valence electrons. The lowest BCUT2D eigenvalue weighted by atomic mass is 10.0. The van der Waals surface area contributed by atoms with Gasteiger partial charge in [-0.2, -0.15) is 0 Å². The molecule has 2 N–H and O–H groups in total. The van der Waals surface area contributed by atoms with E-state index >= 15 is 0 Å². The number of sulfonamides is 1. The minimum Gasteiger partial charge on any atom is -0.347 e. The summed E-state index contributed by atoms with van der Waals surface area (Å²) in [4.78, 5) is 18.9. The van der Waals surface area contributed by atoms with E-state index < -0.39 is 25.4 Å². The van der Waals surface area contributed by atoms with Gasteiger partial charge in [-0.05, 0) is 57.2 Å². The van der Waals surface area contributed by atoms with Gasteiger partial charge in [-0.1, -0.05) is 54.1 Å². The van der Waals surface area contributed by atoms with E-state index in [1.807, 2.05) is 18.2 Å². The summed E-state index contributed by atoms with van der Waals surface area (Å²) < 4.78 is 53.0. The highest BCUT2D eigenvalue weighted by Crippen LogP contribution is 2.42. The van der Waals surface area contributed by atoms with Crippen LogP contribution in [0.1, 0.15) is 43.4 Å². The number of amides is 1. The molecule has 1 fully saturated rings. The van der Waals surface area contributed by atoms with Crippen molar-refractivity contribution in [3.8, 4) is 21.7 Å². The Morgan fingerprint density at radius 3 is 2.34 bits per heavy atom. The minimum atomic E-state index is -3.83. The Hall–Kier alpha value is -2.83. The lowest BCUT2D eigenvalue weighted by Crippen LogP contribution is -2.40. The van der Waals surface area contributed by atoms with Gasteiger partial charge in [0.2, 0.25) is 10.0 Å². The molecule has 1 amide bonds. The molecule has 0 atom stereocenters. The molecular formula is C29H30ClN3O5S3. The van der Waals surface area contributed by atoms with Crippen LogP contribution in [-0.2, 0) is 19.9 Å². The van der Waals surface area contributed by atoms with Crippen LogP contribution in [0.2, 0.25) is 5.02 Å². The summed E-state index contributed by atoms with van der Waals surface area (Å²) in [6.45, 7) is 5.36. The van der Waals surface area contributed by atoms with Gasteiger partial charge in [-0.3, -0.25) is 4.79 Å². The van der Waals surface area contributed by atoms with E-state index in [0.717, 1.165) is 5.56 Å². The van der Waals surface area contributed by atoms with E-state index in [4.69, 9.17) is 16.6 Å². The molecule has 0 saturated carbocycles. The van der Waals surface area contributed by atoms with E-state index in [1.54, 1.807) is 63.2 Å². The predicted octanol–water partition coefficient (Wildman–Crippen LogP) is 5.67. The van der Waals surface area contributed by atoms with E-state index in [0.29, 0.717) is 44.8 Å². The molecule has 0 unspecified atom stereocenters. The van der Waals surface area contributed by atoms with Crippen molar-refractivity contribution in [2.45, 2.75) is 50.1 Å². The van der Waals surface area contributed by atoms with Crippen LogP contribution in [0.25, 0.3) is 32.5 Å². The van der Waals surface area contributed by atoms with Crippen LogP contribution in [0.5, 0.6) is 0 Å². The number of sulfone groups is 1. The summed E-state index contributed by atoms with van der Waals surface area (Å²) in [5.74, 6) is -0.299. The van der Waals surface area contributed by atoms with Gasteiger partial charge in [0, 0.05) is 33.1 Å². The number of aromatic nitrogens is 1. The predicted molar refractivity (Wildman–Crippen MR) is 165 cm³/mol. The molecule has 8 nitrogen and oxygen atoms in total. The SMILES string of the molecule is CC(C)(C)NS(=O)(=O)c1ccc(-c2sc(C(=O)NC3CCS(=O)(=O)CC3)nc2-c2cccc(Cl)c2)c2ccccc12. The molecule has 0 spiro atoms. The van der Waals surface area contributed by atoms with Gasteiger partial charge in [0.15, 0.2) is 5.01 Å². The number of fused-ring (bicyclic) bond motifs is 1. The second kappa shape index (κ2) is 11.1. The van der Waals surface area contributed by atoms with Gasteiger partial charge in [0.1, 0.15) is 9.84 Å². The first kappa shape index (κ1) is 29.7. The molecule has 2 heterocycles. The highest BCUT2D eigenvalue weighted by molar-refractivity contribution is 7.91. The molecule has 5 rings (SSSR count). The Bertz CT molecular complexity index is 1850. The number of carbonyl (C=O) groups excluding carboxylic acids is 1. The number of carbonyl (C=O) groups is 1. The molecule has 0 bridgehead atoms. The van der Waals surface area contributed by atoms with E-state index in [2.05, 4.69) is 10.0 Å². The maximum absolute atomic E-state index is 13.3. The van der Waals surface area contributed by atoms with Crippen molar-refractivity contribution in [1.82, 2.24) is 15.0 Å². The van der Waals surface area contributed by atoms with Crippen LogP contribution >= 0.6 is 22.9 Å². The van der Waals surface area contributed by atoms with Crippen molar-refractivity contribution in [3.05, 3.63) is 70.7 Å². The van der Waals surface area contributed by atoms with E-state index in [-0.39, 0.29) is 33.4 Å². The van der Waals surface area contributed by atoms with Crippen LogP contribution in [0.3, 0.4) is 0 Å². The third-order valence-electron chi connectivity index (χ3n) is 6.67. The van der Waals surface area contributed by atoms with Gasteiger partial charge in [-0.15, -0.1) is 11.3 Å². The normalized spacial score (nSPS) is 16.1. The number of rotatable bonds is 6. The summed E-state index contributed by atoms with van der Waals surface area (Å²) in [6, 6.07) is 17.5. The molecule has 12 heteroatoms. The Morgan fingerprint density at radius 2 is 1.68 bits per heavy atom. The molecular weight excluding hydrogens is 602 g/mol. The second-order valence-electron chi connectivity index (χ2n) is 11.1. The van der Waals surface area contributed by atoms with E-state index in [9.17, 15) is 21.6 Å². The fourth-order valence-electron chi connectivity index (χ4n) is 4.87. The number of nitrogens with zero attached hydrogens (tertiary/aromatic N) is 1. The highest BCUT2D eigenvalue weighted by Gasteiger charge is 2.29. The summed E-state index contributed by atoms with van der Waals surface area (Å²) in [5.41, 5.74) is 1.32. The van der Waals surface area contributed by atoms with Crippen LogP contribution in [0, 0.1) is 0 Å². The van der Waals surface area contributed by atoms with Crippen LogP contribution in [-0.4, -0.2) is 50.8 Å². The Kier molecular flexibility index (Phi) is 8.03. The smallest absolute Gasteiger partial charge is 0.280 e. The zero-order valence-electron chi connectivity index (χ0n) is 22.8. The van der Waals surface area contributed by atoms with Crippen LogP contribution < -0.4 is 10.0 Å². The quantitative estimate of drug-likeness (QED) is 0.283. The maximum atomic E-state index is 13.3. The van der Waals surface area contributed by atoms with Crippen LogP contribution in [0.15, 0.2) is 65.6 Å². The van der Waals surface area contributed by atoms with E-state index in [1.165, 1.54) is 11.3 Å². The molecule has 0 radical (unpaired) electrons. The standard InChI is InChI=1S/C29H30ClN3O5S3/c1-29(2,3)33-41(37,38)24-12-11-23(21-9-4-5-10-22(21)24)26-25(18-7-6-8-19(30)17-18)32-28(39-26)27(34)31-20-13-15-40(35,36)16-14-20/h4-12,17,20,33H,13-16H2,1-3H3,(H,31,34). The topological polar surface area (TPSA) is 122 Å².